The van der Waals surface area contributed by atoms with Gasteiger partial charge in [0.25, 0.3) is 0 Å². The van der Waals surface area contributed by atoms with E-state index in [1.807, 2.05) is 4.90 Å². The first-order valence-electron chi connectivity index (χ1n) is 6.15. The van der Waals surface area contributed by atoms with E-state index in [1.165, 1.54) is 6.42 Å². The molecule has 3 nitrogen and oxygen atoms in total. The van der Waals surface area contributed by atoms with Gasteiger partial charge in [-0.05, 0) is 32.1 Å². The normalized spacial score (nSPS) is 36.9. The van der Waals surface area contributed by atoms with E-state index in [0.717, 1.165) is 38.6 Å². The summed E-state index contributed by atoms with van der Waals surface area (Å²) in [7, 11) is 0. The molecule has 0 aromatic rings. The number of carbonyl (C=O) groups excluding carboxylic acids is 1. The van der Waals surface area contributed by atoms with Crippen molar-refractivity contribution >= 4 is 5.91 Å². The van der Waals surface area contributed by atoms with Gasteiger partial charge >= 0.3 is 0 Å². The van der Waals surface area contributed by atoms with Crippen LogP contribution in [0.2, 0.25) is 0 Å². The summed E-state index contributed by atoms with van der Waals surface area (Å²) in [5.74, 6) is 0.521. The second-order valence-corrected chi connectivity index (χ2v) is 4.94. The second kappa shape index (κ2) is 4.52. The summed E-state index contributed by atoms with van der Waals surface area (Å²) in [5.41, 5.74) is 0. The van der Waals surface area contributed by atoms with Crippen LogP contribution in [-0.2, 0) is 4.79 Å². The van der Waals surface area contributed by atoms with Crippen LogP contribution in [0.3, 0.4) is 0 Å². The maximum absolute atomic E-state index is 11.5. The topological polar surface area (TPSA) is 40.5 Å². The molecule has 1 saturated carbocycles. The number of piperidine rings is 1. The highest BCUT2D eigenvalue weighted by Crippen LogP contribution is 2.35. The zero-order valence-electron chi connectivity index (χ0n) is 9.48. The quantitative estimate of drug-likeness (QED) is 0.715. The molecular formula is C12H21NO2. The Bertz CT molecular complexity index is 242. The highest BCUT2D eigenvalue weighted by atomic mass is 16.3. The summed E-state index contributed by atoms with van der Waals surface area (Å²) < 4.78 is 0. The standard InChI is InChI=1S/C12H21NO2/c1-9(14)13-8-3-2-6-11(13)10-5-4-7-12(10)15/h10-12,15H,2-8H2,1H3. The fourth-order valence-corrected chi connectivity index (χ4v) is 3.21. The first-order valence-corrected chi connectivity index (χ1v) is 6.15. The minimum atomic E-state index is -0.171. The molecule has 1 aliphatic heterocycles. The first kappa shape index (κ1) is 10.9. The van der Waals surface area contributed by atoms with Gasteiger partial charge in [0, 0.05) is 25.4 Å². The van der Waals surface area contributed by atoms with Gasteiger partial charge in [-0.15, -0.1) is 0 Å². The lowest BCUT2D eigenvalue weighted by Gasteiger charge is -2.39. The van der Waals surface area contributed by atoms with Gasteiger partial charge in [0.05, 0.1) is 6.10 Å². The van der Waals surface area contributed by atoms with Crippen molar-refractivity contribution in [2.45, 2.75) is 57.6 Å². The number of nitrogens with zero attached hydrogens (tertiary/aromatic N) is 1. The number of rotatable bonds is 1. The Labute approximate surface area is 91.5 Å². The Kier molecular flexibility index (Phi) is 3.29. The van der Waals surface area contributed by atoms with E-state index < -0.39 is 0 Å². The van der Waals surface area contributed by atoms with Crippen LogP contribution in [0, 0.1) is 5.92 Å². The summed E-state index contributed by atoms with van der Waals surface area (Å²) in [5, 5.41) is 9.90. The molecular weight excluding hydrogens is 190 g/mol. The van der Waals surface area contributed by atoms with Crippen molar-refractivity contribution in [3.05, 3.63) is 0 Å². The molecule has 1 N–H and O–H groups in total. The van der Waals surface area contributed by atoms with Crippen LogP contribution >= 0.6 is 0 Å². The Morgan fingerprint density at radius 2 is 2.00 bits per heavy atom. The summed E-state index contributed by atoms with van der Waals surface area (Å²) in [4.78, 5) is 13.5. The molecule has 3 heteroatoms. The monoisotopic (exact) mass is 211 g/mol. The molecule has 1 saturated heterocycles. The van der Waals surface area contributed by atoms with Crippen molar-refractivity contribution in [3.63, 3.8) is 0 Å². The molecule has 15 heavy (non-hydrogen) atoms. The van der Waals surface area contributed by atoms with Gasteiger partial charge in [-0.2, -0.15) is 0 Å². The van der Waals surface area contributed by atoms with Gasteiger partial charge in [0.2, 0.25) is 5.91 Å². The van der Waals surface area contributed by atoms with Crippen molar-refractivity contribution in [2.75, 3.05) is 6.54 Å². The molecule has 2 fully saturated rings. The fourth-order valence-electron chi connectivity index (χ4n) is 3.21. The molecule has 1 amide bonds. The highest BCUT2D eigenvalue weighted by Gasteiger charge is 2.37. The van der Waals surface area contributed by atoms with E-state index in [1.54, 1.807) is 6.92 Å². The van der Waals surface area contributed by atoms with E-state index in [9.17, 15) is 9.90 Å². The summed E-state index contributed by atoms with van der Waals surface area (Å²) >= 11 is 0. The van der Waals surface area contributed by atoms with E-state index in [2.05, 4.69) is 0 Å². The maximum atomic E-state index is 11.5. The summed E-state index contributed by atoms with van der Waals surface area (Å²) in [6.45, 7) is 2.54. The predicted octanol–water partition coefficient (Wildman–Crippen LogP) is 1.55. The largest absolute Gasteiger partial charge is 0.393 e. The third-order valence-electron chi connectivity index (χ3n) is 3.98. The van der Waals surface area contributed by atoms with E-state index in [0.29, 0.717) is 12.0 Å². The van der Waals surface area contributed by atoms with Crippen molar-refractivity contribution in [3.8, 4) is 0 Å². The second-order valence-electron chi connectivity index (χ2n) is 4.94. The first-order chi connectivity index (χ1) is 7.20. The molecule has 0 aromatic heterocycles. The Hall–Kier alpha value is -0.570. The Balaban J connectivity index is 2.06. The maximum Gasteiger partial charge on any atom is 0.219 e. The van der Waals surface area contributed by atoms with Gasteiger partial charge < -0.3 is 10.0 Å². The van der Waals surface area contributed by atoms with Crippen LogP contribution < -0.4 is 0 Å². The molecule has 1 heterocycles. The molecule has 3 unspecified atom stereocenters. The van der Waals surface area contributed by atoms with Gasteiger partial charge in [0.1, 0.15) is 0 Å². The molecule has 0 spiro atoms. The minimum Gasteiger partial charge on any atom is -0.393 e. The van der Waals surface area contributed by atoms with Crippen LogP contribution in [0.4, 0.5) is 0 Å². The minimum absolute atomic E-state index is 0.171. The van der Waals surface area contributed by atoms with Gasteiger partial charge in [-0.25, -0.2) is 0 Å². The molecule has 86 valence electrons. The fraction of sp³-hybridized carbons (Fsp3) is 0.917. The van der Waals surface area contributed by atoms with Gasteiger partial charge in [-0.1, -0.05) is 6.42 Å². The number of carbonyl (C=O) groups is 1. The third-order valence-corrected chi connectivity index (χ3v) is 3.98. The van der Waals surface area contributed by atoms with Crippen molar-refractivity contribution in [1.82, 2.24) is 4.90 Å². The number of hydrogen-bond donors (Lipinski definition) is 1. The number of hydrogen-bond acceptors (Lipinski definition) is 2. The van der Waals surface area contributed by atoms with E-state index in [-0.39, 0.29) is 12.0 Å². The highest BCUT2D eigenvalue weighted by molar-refractivity contribution is 5.73. The van der Waals surface area contributed by atoms with Crippen molar-refractivity contribution in [1.29, 1.82) is 0 Å². The summed E-state index contributed by atoms with van der Waals surface area (Å²) in [6.07, 6.45) is 6.38. The predicted molar refractivity (Wildman–Crippen MR) is 58.4 cm³/mol. The van der Waals surface area contributed by atoms with Crippen LogP contribution in [-0.4, -0.2) is 34.6 Å². The lowest BCUT2D eigenvalue weighted by molar-refractivity contribution is -0.134. The van der Waals surface area contributed by atoms with Crippen molar-refractivity contribution < 1.29 is 9.90 Å². The Morgan fingerprint density at radius 1 is 1.20 bits per heavy atom. The lowest BCUT2D eigenvalue weighted by atomic mass is 9.88. The zero-order valence-corrected chi connectivity index (χ0v) is 9.48. The van der Waals surface area contributed by atoms with Crippen LogP contribution in [0.15, 0.2) is 0 Å². The lowest BCUT2D eigenvalue weighted by Crippen LogP contribution is -2.48. The molecule has 2 aliphatic rings. The van der Waals surface area contributed by atoms with Crippen LogP contribution in [0.25, 0.3) is 0 Å². The zero-order chi connectivity index (χ0) is 10.8. The molecule has 1 aliphatic carbocycles. The average Bonchev–Trinajstić information content (AvgIpc) is 2.64. The SMILES string of the molecule is CC(=O)N1CCCCC1C1CCCC1O. The van der Waals surface area contributed by atoms with Crippen molar-refractivity contribution in [2.24, 2.45) is 5.92 Å². The average molecular weight is 211 g/mol. The number of aliphatic hydroxyl groups excluding tert-OH is 1. The van der Waals surface area contributed by atoms with E-state index >= 15 is 0 Å². The third kappa shape index (κ3) is 2.17. The smallest absolute Gasteiger partial charge is 0.219 e. The molecule has 0 aromatic carbocycles. The molecule has 0 bridgehead atoms. The van der Waals surface area contributed by atoms with Gasteiger partial charge in [-0.3, -0.25) is 4.79 Å². The number of amides is 1. The number of likely N-dealkylation sites (tertiary alicyclic amines) is 1. The summed E-state index contributed by atoms with van der Waals surface area (Å²) in [6, 6.07) is 0.314. The van der Waals surface area contributed by atoms with Crippen LogP contribution in [0.1, 0.15) is 45.4 Å². The molecule has 2 rings (SSSR count). The van der Waals surface area contributed by atoms with Gasteiger partial charge in [0.15, 0.2) is 0 Å². The Morgan fingerprint density at radius 3 is 2.60 bits per heavy atom. The molecule has 0 radical (unpaired) electrons. The molecule has 3 atom stereocenters. The number of aliphatic hydroxyl groups is 1. The van der Waals surface area contributed by atoms with Crippen LogP contribution in [0.5, 0.6) is 0 Å². The van der Waals surface area contributed by atoms with E-state index in [4.69, 9.17) is 0 Å².